The summed E-state index contributed by atoms with van der Waals surface area (Å²) in [5.74, 6) is -1.34. The minimum atomic E-state index is -2.60. The Bertz CT molecular complexity index is 816. The highest BCUT2D eigenvalue weighted by Gasteiger charge is 2.37. The molecule has 1 saturated carbocycles. The highest BCUT2D eigenvalue weighted by atomic mass is 19.3. The summed E-state index contributed by atoms with van der Waals surface area (Å²) < 4.78 is 42.8. The van der Waals surface area contributed by atoms with Crippen molar-refractivity contribution in [3.05, 3.63) is 36.0 Å². The van der Waals surface area contributed by atoms with Gasteiger partial charge in [-0.3, -0.25) is 4.79 Å². The van der Waals surface area contributed by atoms with E-state index in [4.69, 9.17) is 14.0 Å². The van der Waals surface area contributed by atoms with Crippen molar-refractivity contribution >= 4 is 5.91 Å². The van der Waals surface area contributed by atoms with E-state index in [2.05, 4.69) is 15.5 Å². The van der Waals surface area contributed by atoms with Crippen molar-refractivity contribution in [2.75, 3.05) is 6.61 Å². The Hall–Kier alpha value is -2.71. The number of halogens is 2. The van der Waals surface area contributed by atoms with E-state index >= 15 is 0 Å². The lowest BCUT2D eigenvalue weighted by Gasteiger charge is -2.26. The van der Waals surface area contributed by atoms with Crippen LogP contribution < -0.4 is 14.8 Å². The number of hydrogen-bond donors (Lipinski definition) is 1. The van der Waals surface area contributed by atoms with Gasteiger partial charge in [0.1, 0.15) is 6.61 Å². The van der Waals surface area contributed by atoms with Crippen LogP contribution in [0.5, 0.6) is 11.5 Å². The molecular formula is C18H19F2N3O4. The van der Waals surface area contributed by atoms with Gasteiger partial charge in [-0.15, -0.1) is 0 Å². The lowest BCUT2D eigenvalue weighted by Crippen LogP contribution is -2.43. The van der Waals surface area contributed by atoms with Gasteiger partial charge >= 0.3 is 0 Å². The van der Waals surface area contributed by atoms with Gasteiger partial charge in [-0.05, 0) is 25.0 Å². The summed E-state index contributed by atoms with van der Waals surface area (Å²) in [5.41, 5.74) is 0. The first-order valence-electron chi connectivity index (χ1n) is 8.87. The average Bonchev–Trinajstić information content (AvgIpc) is 3.14. The van der Waals surface area contributed by atoms with Crippen LogP contribution in [0.1, 0.15) is 43.3 Å². The molecule has 1 aliphatic carbocycles. The summed E-state index contributed by atoms with van der Waals surface area (Å²) >= 11 is 0. The number of carbonyl (C=O) groups is 1. The fourth-order valence-corrected chi connectivity index (χ4v) is 3.23. The number of benzene rings is 1. The van der Waals surface area contributed by atoms with Gasteiger partial charge in [0.05, 0.1) is 6.54 Å². The van der Waals surface area contributed by atoms with E-state index in [9.17, 15) is 13.6 Å². The molecule has 9 heteroatoms. The zero-order chi connectivity index (χ0) is 18.9. The summed E-state index contributed by atoms with van der Waals surface area (Å²) in [6, 6.07) is 7.12. The summed E-state index contributed by atoms with van der Waals surface area (Å²) in [6.45, 7) is 0.143. The molecule has 1 aromatic heterocycles. The number of alkyl halides is 2. The molecule has 27 heavy (non-hydrogen) atoms. The van der Waals surface area contributed by atoms with E-state index in [0.717, 1.165) is 0 Å². The van der Waals surface area contributed by atoms with E-state index in [0.29, 0.717) is 30.2 Å². The molecule has 1 atom stereocenters. The van der Waals surface area contributed by atoms with Crippen LogP contribution in [-0.2, 0) is 11.3 Å². The molecule has 0 spiro atoms. The number of rotatable bonds is 4. The number of nitrogens with one attached hydrogen (secondary N) is 1. The monoisotopic (exact) mass is 379 g/mol. The lowest BCUT2D eigenvalue weighted by molar-refractivity contribution is -0.130. The Labute approximate surface area is 154 Å². The van der Waals surface area contributed by atoms with Crippen LogP contribution in [0.15, 0.2) is 28.8 Å². The second kappa shape index (κ2) is 7.13. The molecule has 2 heterocycles. The van der Waals surface area contributed by atoms with E-state index < -0.39 is 12.0 Å². The molecule has 144 valence electrons. The highest BCUT2D eigenvalue weighted by molar-refractivity contribution is 5.81. The van der Waals surface area contributed by atoms with E-state index in [1.54, 1.807) is 18.2 Å². The first-order chi connectivity index (χ1) is 13.0. The molecule has 2 aromatic rings. The third-order valence-corrected chi connectivity index (χ3v) is 4.78. The largest absolute Gasteiger partial charge is 0.485 e. The molecule has 1 fully saturated rings. The van der Waals surface area contributed by atoms with Crippen LogP contribution in [0.2, 0.25) is 0 Å². The molecule has 1 aliphatic heterocycles. The van der Waals surface area contributed by atoms with Crippen LogP contribution in [0, 0.1) is 0 Å². The zero-order valence-electron chi connectivity index (χ0n) is 14.5. The van der Waals surface area contributed by atoms with Crippen LogP contribution in [0.25, 0.3) is 0 Å². The maximum Gasteiger partial charge on any atom is 0.265 e. The van der Waals surface area contributed by atoms with Gasteiger partial charge in [0, 0.05) is 18.8 Å². The Kier molecular flexibility index (Phi) is 4.67. The van der Waals surface area contributed by atoms with Gasteiger partial charge in [-0.1, -0.05) is 17.3 Å². The van der Waals surface area contributed by atoms with Crippen LogP contribution in [0.3, 0.4) is 0 Å². The molecule has 1 amide bonds. The fourth-order valence-electron chi connectivity index (χ4n) is 3.23. The van der Waals surface area contributed by atoms with Crippen molar-refractivity contribution in [1.29, 1.82) is 0 Å². The van der Waals surface area contributed by atoms with Gasteiger partial charge in [0.25, 0.3) is 5.91 Å². The van der Waals surface area contributed by atoms with Crippen LogP contribution >= 0.6 is 0 Å². The molecule has 0 bridgehead atoms. The van der Waals surface area contributed by atoms with Gasteiger partial charge < -0.3 is 19.3 Å². The van der Waals surface area contributed by atoms with Gasteiger partial charge in [0.2, 0.25) is 17.9 Å². The van der Waals surface area contributed by atoms with Crippen molar-refractivity contribution in [3.63, 3.8) is 0 Å². The SMILES string of the molecule is O=C(NCc1nc(C2CCC(F)(F)CC2)no1)C1COc2ccccc2O1. The molecule has 7 nitrogen and oxygen atoms in total. The number of fused-ring (bicyclic) bond motifs is 1. The Morgan fingerprint density at radius 2 is 1.96 bits per heavy atom. The summed E-state index contributed by atoms with van der Waals surface area (Å²) in [4.78, 5) is 16.5. The van der Waals surface area contributed by atoms with Crippen molar-refractivity contribution < 1.29 is 27.6 Å². The molecule has 0 radical (unpaired) electrons. The summed E-state index contributed by atoms with van der Waals surface area (Å²) in [6.07, 6.45) is -0.462. The summed E-state index contributed by atoms with van der Waals surface area (Å²) in [5, 5.41) is 6.54. The number of nitrogens with zero attached hydrogens (tertiary/aromatic N) is 2. The molecule has 0 saturated heterocycles. The van der Waals surface area contributed by atoms with Crippen molar-refractivity contribution in [2.45, 2.75) is 50.2 Å². The lowest BCUT2D eigenvalue weighted by atomic mass is 9.86. The summed E-state index contributed by atoms with van der Waals surface area (Å²) in [7, 11) is 0. The second-order valence-electron chi connectivity index (χ2n) is 6.76. The molecule has 2 aliphatic rings. The predicted molar refractivity (Wildman–Crippen MR) is 88.7 cm³/mol. The number of amides is 1. The minimum absolute atomic E-state index is 0.0379. The van der Waals surface area contributed by atoms with Crippen LogP contribution in [0.4, 0.5) is 8.78 Å². The highest BCUT2D eigenvalue weighted by Crippen LogP contribution is 2.39. The topological polar surface area (TPSA) is 86.5 Å². The van der Waals surface area contributed by atoms with Gasteiger partial charge in [-0.2, -0.15) is 4.98 Å². The number of ether oxygens (including phenoxy) is 2. The molecule has 1 aromatic carbocycles. The smallest absolute Gasteiger partial charge is 0.265 e. The molecule has 4 rings (SSSR count). The normalized spacial score (nSPS) is 21.6. The van der Waals surface area contributed by atoms with Gasteiger partial charge in [0.15, 0.2) is 17.3 Å². The maximum atomic E-state index is 13.2. The van der Waals surface area contributed by atoms with E-state index in [1.807, 2.05) is 6.07 Å². The Balaban J connectivity index is 1.30. The Morgan fingerprint density at radius 1 is 1.22 bits per heavy atom. The fraction of sp³-hybridized carbons (Fsp3) is 0.500. The standard InChI is InChI=1S/C18H19F2N3O4/c19-18(20)7-5-11(6-8-18)16-22-15(27-23-16)9-21-17(24)14-10-25-12-3-1-2-4-13(12)26-14/h1-4,11,14H,5-10H2,(H,21,24). The number of aromatic nitrogens is 2. The molecular weight excluding hydrogens is 360 g/mol. The van der Waals surface area contributed by atoms with Crippen molar-refractivity contribution in [1.82, 2.24) is 15.5 Å². The number of para-hydroxylation sites is 2. The third-order valence-electron chi connectivity index (χ3n) is 4.78. The number of carbonyl (C=O) groups excluding carboxylic acids is 1. The molecule has 1 N–H and O–H groups in total. The maximum absolute atomic E-state index is 13.2. The average molecular weight is 379 g/mol. The zero-order valence-corrected chi connectivity index (χ0v) is 14.5. The van der Waals surface area contributed by atoms with E-state index in [1.165, 1.54) is 0 Å². The third kappa shape index (κ3) is 4.01. The van der Waals surface area contributed by atoms with Crippen molar-refractivity contribution in [3.8, 4) is 11.5 Å². The second-order valence-corrected chi connectivity index (χ2v) is 6.76. The van der Waals surface area contributed by atoms with Gasteiger partial charge in [-0.25, -0.2) is 8.78 Å². The quantitative estimate of drug-likeness (QED) is 0.879. The first kappa shape index (κ1) is 17.7. The Morgan fingerprint density at radius 3 is 2.74 bits per heavy atom. The minimum Gasteiger partial charge on any atom is -0.485 e. The van der Waals surface area contributed by atoms with Crippen LogP contribution in [-0.4, -0.2) is 34.7 Å². The van der Waals surface area contributed by atoms with Crippen molar-refractivity contribution in [2.24, 2.45) is 0 Å². The predicted octanol–water partition coefficient (Wildman–Crippen LogP) is 2.82. The number of hydrogen-bond acceptors (Lipinski definition) is 6. The first-order valence-corrected chi connectivity index (χ1v) is 8.87. The van der Waals surface area contributed by atoms with E-state index in [-0.39, 0.29) is 43.7 Å². The molecule has 1 unspecified atom stereocenters.